The zero-order valence-corrected chi connectivity index (χ0v) is 17.7. The maximum Gasteiger partial charge on any atom is 0.134 e. The molecule has 4 nitrogen and oxygen atoms in total. The van der Waals surface area contributed by atoms with Crippen LogP contribution in [0.2, 0.25) is 5.02 Å². The third-order valence-corrected chi connectivity index (χ3v) is 7.49. The Morgan fingerprint density at radius 2 is 1.75 bits per heavy atom. The van der Waals surface area contributed by atoms with Crippen molar-refractivity contribution in [2.75, 3.05) is 18.0 Å². The zero-order chi connectivity index (χ0) is 19.7. The summed E-state index contributed by atoms with van der Waals surface area (Å²) in [6.45, 7) is 2.95. The van der Waals surface area contributed by atoms with E-state index in [9.17, 15) is 4.21 Å². The predicted octanol–water partition coefficient (Wildman–Crippen LogP) is 5.86. The van der Waals surface area contributed by atoms with E-state index in [0.29, 0.717) is 23.0 Å². The van der Waals surface area contributed by atoms with Crippen molar-refractivity contribution in [2.45, 2.75) is 21.6 Å². The number of benzene rings is 3. The van der Waals surface area contributed by atoms with Crippen LogP contribution in [0.1, 0.15) is 5.56 Å². The summed E-state index contributed by atoms with van der Waals surface area (Å²) < 4.78 is 24.0. The maximum absolute atomic E-state index is 12.8. The molecule has 4 rings (SSSR count). The average molecular weight is 430 g/mol. The highest BCUT2D eigenvalue weighted by atomic mass is 35.5. The van der Waals surface area contributed by atoms with Gasteiger partial charge >= 0.3 is 0 Å². The number of anilines is 2. The molecule has 0 bridgehead atoms. The third kappa shape index (κ3) is 3.91. The van der Waals surface area contributed by atoms with Crippen molar-refractivity contribution in [3.63, 3.8) is 0 Å². The summed E-state index contributed by atoms with van der Waals surface area (Å²) >= 11 is 7.96. The van der Waals surface area contributed by atoms with Gasteiger partial charge < -0.3 is 4.90 Å². The van der Waals surface area contributed by atoms with Crippen LogP contribution >= 0.6 is 23.4 Å². The number of hydrogen-bond donors (Lipinski definition) is 2. The number of halogens is 1. The van der Waals surface area contributed by atoms with E-state index in [-0.39, 0.29) is 0 Å². The lowest BCUT2D eigenvalue weighted by Gasteiger charge is -2.33. The molecular formula is C21H20ClN3OS2. The molecule has 1 aliphatic rings. The molecule has 1 atom stereocenters. The highest BCUT2D eigenvalue weighted by molar-refractivity contribution is 7.99. The Balaban J connectivity index is 1.56. The molecule has 3 aromatic carbocycles. The quantitative estimate of drug-likeness (QED) is 0.533. The predicted molar refractivity (Wildman–Crippen MR) is 117 cm³/mol. The molecule has 1 unspecified atom stereocenters. The Hall–Kier alpha value is -1.99. The van der Waals surface area contributed by atoms with Crippen LogP contribution in [0, 0.1) is 11.7 Å². The number of para-hydroxylation sites is 1. The first-order valence-electron chi connectivity index (χ1n) is 8.88. The lowest BCUT2D eigenvalue weighted by Crippen LogP contribution is -2.33. The minimum atomic E-state index is -3.05. The van der Waals surface area contributed by atoms with Gasteiger partial charge in [0.1, 0.15) is 9.92 Å². The summed E-state index contributed by atoms with van der Waals surface area (Å²) in [4.78, 5) is 4.97. The van der Waals surface area contributed by atoms with Crippen LogP contribution in [-0.2, 0) is 9.92 Å². The molecule has 1 aliphatic heterocycles. The van der Waals surface area contributed by atoms with Crippen LogP contribution in [0.5, 0.6) is 0 Å². The largest absolute Gasteiger partial charge is 0.338 e. The van der Waals surface area contributed by atoms with Gasteiger partial charge in [-0.05, 0) is 49.4 Å². The van der Waals surface area contributed by atoms with Crippen molar-refractivity contribution >= 4 is 44.7 Å². The van der Waals surface area contributed by atoms with Gasteiger partial charge in [-0.2, -0.15) is 0 Å². The summed E-state index contributed by atoms with van der Waals surface area (Å²) in [6.07, 6.45) is 0. The molecular weight excluding hydrogens is 410 g/mol. The normalized spacial score (nSPS) is 14.9. The van der Waals surface area contributed by atoms with Crippen LogP contribution in [-0.4, -0.2) is 17.3 Å². The number of hydrogen-bond acceptors (Lipinski definition) is 4. The second-order valence-electron chi connectivity index (χ2n) is 6.60. The molecule has 0 fully saturated rings. The molecule has 0 saturated carbocycles. The van der Waals surface area contributed by atoms with E-state index in [1.165, 1.54) is 4.90 Å². The van der Waals surface area contributed by atoms with Crippen molar-refractivity contribution in [2.24, 2.45) is 0 Å². The van der Waals surface area contributed by atoms with Crippen molar-refractivity contribution in [1.29, 1.82) is 4.78 Å². The van der Waals surface area contributed by atoms with Gasteiger partial charge in [0.15, 0.2) is 0 Å². The molecule has 0 radical (unpaired) electrons. The lowest BCUT2D eigenvalue weighted by atomic mass is 10.2. The second-order valence-corrected chi connectivity index (χ2v) is 9.99. The van der Waals surface area contributed by atoms with E-state index in [2.05, 4.69) is 21.8 Å². The van der Waals surface area contributed by atoms with E-state index in [4.69, 9.17) is 16.4 Å². The van der Waals surface area contributed by atoms with E-state index in [1.807, 2.05) is 49.4 Å². The summed E-state index contributed by atoms with van der Waals surface area (Å²) in [5, 5.41) is 0.681. The SMILES string of the molecule is Cc1ccc(S(=N)(=O)NCCN2c3ccccc3Sc3ccc(Cl)cc32)cc1. The van der Waals surface area contributed by atoms with Gasteiger partial charge in [0.25, 0.3) is 0 Å². The molecule has 0 saturated heterocycles. The fourth-order valence-electron chi connectivity index (χ4n) is 3.16. The number of nitrogens with one attached hydrogen (secondary N) is 2. The Labute approximate surface area is 175 Å². The van der Waals surface area contributed by atoms with Gasteiger partial charge in [0.2, 0.25) is 0 Å². The average Bonchev–Trinajstić information content (AvgIpc) is 2.68. The fourth-order valence-corrected chi connectivity index (χ4v) is 5.46. The highest BCUT2D eigenvalue weighted by Gasteiger charge is 2.23. The minimum Gasteiger partial charge on any atom is -0.338 e. The van der Waals surface area contributed by atoms with Crippen LogP contribution < -0.4 is 9.62 Å². The molecule has 2 N–H and O–H groups in total. The molecule has 0 aliphatic carbocycles. The molecule has 0 aromatic heterocycles. The van der Waals surface area contributed by atoms with Gasteiger partial charge in [0.05, 0.1) is 16.3 Å². The molecule has 7 heteroatoms. The minimum absolute atomic E-state index is 0.404. The van der Waals surface area contributed by atoms with Gasteiger partial charge in [-0.1, -0.05) is 53.2 Å². The Morgan fingerprint density at radius 1 is 1.04 bits per heavy atom. The number of rotatable bonds is 5. The first kappa shape index (κ1) is 19.3. The molecule has 28 heavy (non-hydrogen) atoms. The van der Waals surface area contributed by atoms with E-state index in [1.54, 1.807) is 23.9 Å². The first-order valence-corrected chi connectivity index (χ1v) is 11.6. The topological polar surface area (TPSA) is 56.2 Å². The Bertz CT molecular complexity index is 1110. The molecule has 0 amide bonds. The molecule has 3 aromatic rings. The van der Waals surface area contributed by atoms with Crippen molar-refractivity contribution in [3.05, 3.63) is 77.3 Å². The summed E-state index contributed by atoms with van der Waals surface area (Å²) in [5.41, 5.74) is 3.20. The van der Waals surface area contributed by atoms with Gasteiger partial charge in [0, 0.05) is 27.9 Å². The number of nitrogens with zero attached hydrogens (tertiary/aromatic N) is 1. The fraction of sp³-hybridized carbons (Fsp3) is 0.143. The van der Waals surface area contributed by atoms with Gasteiger partial charge in [-0.3, -0.25) is 0 Å². The Morgan fingerprint density at radius 3 is 2.54 bits per heavy atom. The first-order chi connectivity index (χ1) is 13.4. The summed E-state index contributed by atoms with van der Waals surface area (Å²) in [6, 6.07) is 21.3. The molecule has 0 spiro atoms. The van der Waals surface area contributed by atoms with Crippen LogP contribution in [0.4, 0.5) is 11.4 Å². The van der Waals surface area contributed by atoms with Crippen molar-refractivity contribution < 1.29 is 4.21 Å². The zero-order valence-electron chi connectivity index (χ0n) is 15.3. The summed E-state index contributed by atoms with van der Waals surface area (Å²) in [7, 11) is -3.05. The summed E-state index contributed by atoms with van der Waals surface area (Å²) in [5.74, 6) is 0. The van der Waals surface area contributed by atoms with Crippen molar-refractivity contribution in [1.82, 2.24) is 4.72 Å². The maximum atomic E-state index is 12.8. The van der Waals surface area contributed by atoms with E-state index >= 15 is 0 Å². The highest BCUT2D eigenvalue weighted by Crippen LogP contribution is 2.48. The number of aryl methyl sites for hydroxylation is 1. The van der Waals surface area contributed by atoms with Crippen LogP contribution in [0.3, 0.4) is 0 Å². The number of fused-ring (bicyclic) bond motifs is 2. The standard InChI is InChI=1S/C21H20ClN3OS2/c1-15-6-9-17(10-7-15)28(23,26)24-12-13-25-18-4-2-3-5-20(18)27-21-11-8-16(22)14-19(21)25/h2-11,14H,12-13H2,1H3,(H2,23,24,26). The van der Waals surface area contributed by atoms with E-state index in [0.717, 1.165) is 21.8 Å². The molecule has 1 heterocycles. The van der Waals surface area contributed by atoms with Crippen LogP contribution in [0.15, 0.2) is 81.4 Å². The molecule has 144 valence electrons. The van der Waals surface area contributed by atoms with E-state index < -0.39 is 9.92 Å². The van der Waals surface area contributed by atoms with Gasteiger partial charge in [-0.15, -0.1) is 0 Å². The monoisotopic (exact) mass is 429 g/mol. The Kier molecular flexibility index (Phi) is 5.38. The van der Waals surface area contributed by atoms with Crippen LogP contribution in [0.25, 0.3) is 0 Å². The third-order valence-electron chi connectivity index (χ3n) is 4.58. The van der Waals surface area contributed by atoms with Crippen molar-refractivity contribution in [3.8, 4) is 0 Å². The second kappa shape index (κ2) is 7.79. The van der Waals surface area contributed by atoms with Gasteiger partial charge in [-0.25, -0.2) is 13.7 Å². The lowest BCUT2D eigenvalue weighted by molar-refractivity contribution is 0.661. The smallest absolute Gasteiger partial charge is 0.134 e.